The van der Waals surface area contributed by atoms with Crippen LogP contribution in [-0.4, -0.2) is 19.0 Å². The van der Waals surface area contributed by atoms with Gasteiger partial charge in [0.15, 0.2) is 0 Å². The Hall–Kier alpha value is -1.35. The molecule has 2 N–H and O–H groups in total. The van der Waals surface area contributed by atoms with Crippen molar-refractivity contribution in [2.45, 2.75) is 39.7 Å². The number of fused-ring (bicyclic) bond motifs is 1. The molecule has 1 unspecified atom stereocenters. The average Bonchev–Trinajstić information content (AvgIpc) is 2.36. The van der Waals surface area contributed by atoms with Crippen LogP contribution in [0.4, 0.5) is 0 Å². The lowest BCUT2D eigenvalue weighted by Gasteiger charge is -2.26. The van der Waals surface area contributed by atoms with Crippen molar-refractivity contribution in [1.29, 1.82) is 0 Å². The van der Waals surface area contributed by atoms with E-state index < -0.39 is 0 Å². The molecule has 0 spiro atoms. The first kappa shape index (κ1) is 14.1. The first-order valence-electron chi connectivity index (χ1n) is 7.03. The van der Waals surface area contributed by atoms with Crippen LogP contribution in [0.15, 0.2) is 24.3 Å². The molecular formula is C16H24N2O. The third-order valence-corrected chi connectivity index (χ3v) is 3.59. The maximum atomic E-state index is 12.3. The summed E-state index contributed by atoms with van der Waals surface area (Å²) in [6.07, 6.45) is 1.00. The van der Waals surface area contributed by atoms with E-state index >= 15 is 0 Å². The summed E-state index contributed by atoms with van der Waals surface area (Å²) >= 11 is 0. The van der Waals surface area contributed by atoms with Gasteiger partial charge in [-0.2, -0.15) is 0 Å². The van der Waals surface area contributed by atoms with Gasteiger partial charge in [0, 0.05) is 19.6 Å². The largest absolute Gasteiger partial charge is 0.356 e. The van der Waals surface area contributed by atoms with E-state index in [-0.39, 0.29) is 17.2 Å². The third-order valence-electron chi connectivity index (χ3n) is 3.59. The zero-order valence-corrected chi connectivity index (χ0v) is 12.1. The van der Waals surface area contributed by atoms with Gasteiger partial charge in [-0.05, 0) is 23.0 Å². The molecule has 3 heteroatoms. The van der Waals surface area contributed by atoms with Gasteiger partial charge >= 0.3 is 0 Å². The first-order chi connectivity index (χ1) is 8.97. The van der Waals surface area contributed by atoms with Gasteiger partial charge in [0.05, 0.1) is 5.92 Å². The standard InChI is InChI=1S/C16H24N2O/c1-16(2,3)8-9-18-15(19)14-11-17-10-12-6-4-5-7-13(12)14/h4-7,14,17H,8-11H2,1-3H3,(H,18,19). The summed E-state index contributed by atoms with van der Waals surface area (Å²) in [5.41, 5.74) is 2.68. The Morgan fingerprint density at radius 3 is 2.84 bits per heavy atom. The number of hydrogen-bond acceptors (Lipinski definition) is 2. The molecule has 1 aromatic rings. The van der Waals surface area contributed by atoms with Crippen LogP contribution in [-0.2, 0) is 11.3 Å². The smallest absolute Gasteiger partial charge is 0.228 e. The average molecular weight is 260 g/mol. The number of benzene rings is 1. The van der Waals surface area contributed by atoms with Crippen LogP contribution in [0.3, 0.4) is 0 Å². The van der Waals surface area contributed by atoms with E-state index in [0.717, 1.165) is 26.1 Å². The van der Waals surface area contributed by atoms with Crippen molar-refractivity contribution in [3.8, 4) is 0 Å². The Balaban J connectivity index is 1.97. The van der Waals surface area contributed by atoms with E-state index in [2.05, 4.69) is 43.5 Å². The third kappa shape index (κ3) is 3.80. The van der Waals surface area contributed by atoms with Crippen LogP contribution in [0.5, 0.6) is 0 Å². The lowest BCUT2D eigenvalue weighted by atomic mass is 9.89. The molecule has 1 amide bonds. The number of amides is 1. The predicted molar refractivity (Wildman–Crippen MR) is 78.0 cm³/mol. The molecule has 0 aromatic heterocycles. The Morgan fingerprint density at radius 1 is 1.37 bits per heavy atom. The lowest BCUT2D eigenvalue weighted by Crippen LogP contribution is -2.39. The second kappa shape index (κ2) is 5.74. The van der Waals surface area contributed by atoms with Crippen molar-refractivity contribution in [3.05, 3.63) is 35.4 Å². The number of rotatable bonds is 3. The van der Waals surface area contributed by atoms with E-state index in [4.69, 9.17) is 0 Å². The molecule has 1 aromatic carbocycles. The van der Waals surface area contributed by atoms with Crippen LogP contribution < -0.4 is 10.6 Å². The zero-order chi connectivity index (χ0) is 13.9. The van der Waals surface area contributed by atoms with E-state index in [1.807, 2.05) is 12.1 Å². The highest BCUT2D eigenvalue weighted by Crippen LogP contribution is 2.24. The second-order valence-corrected chi connectivity index (χ2v) is 6.48. The van der Waals surface area contributed by atoms with Gasteiger partial charge in [-0.1, -0.05) is 45.0 Å². The van der Waals surface area contributed by atoms with E-state index in [9.17, 15) is 4.79 Å². The molecule has 19 heavy (non-hydrogen) atoms. The molecular weight excluding hydrogens is 236 g/mol. The Kier molecular flexibility index (Phi) is 4.25. The first-order valence-corrected chi connectivity index (χ1v) is 7.03. The Bertz CT molecular complexity index is 448. The Labute approximate surface area is 115 Å². The molecule has 0 radical (unpaired) electrons. The van der Waals surface area contributed by atoms with Crippen LogP contribution in [0.2, 0.25) is 0 Å². The molecule has 1 atom stereocenters. The normalized spacial score (nSPS) is 18.8. The second-order valence-electron chi connectivity index (χ2n) is 6.48. The van der Waals surface area contributed by atoms with E-state index in [0.29, 0.717) is 0 Å². The van der Waals surface area contributed by atoms with Crippen LogP contribution >= 0.6 is 0 Å². The fourth-order valence-corrected chi connectivity index (χ4v) is 2.41. The molecule has 0 aliphatic carbocycles. The summed E-state index contributed by atoms with van der Waals surface area (Å²) in [5.74, 6) is 0.0915. The maximum absolute atomic E-state index is 12.3. The molecule has 1 aliphatic heterocycles. The van der Waals surface area contributed by atoms with Crippen molar-refractivity contribution >= 4 is 5.91 Å². The van der Waals surface area contributed by atoms with Gasteiger partial charge < -0.3 is 10.6 Å². The number of carbonyl (C=O) groups is 1. The molecule has 3 nitrogen and oxygen atoms in total. The summed E-state index contributed by atoms with van der Waals surface area (Å²) in [4.78, 5) is 12.3. The number of carbonyl (C=O) groups excluding carboxylic acids is 1. The highest BCUT2D eigenvalue weighted by molar-refractivity contribution is 5.84. The molecule has 0 bridgehead atoms. The minimum atomic E-state index is -0.0510. The zero-order valence-electron chi connectivity index (χ0n) is 12.1. The molecule has 0 saturated heterocycles. The molecule has 0 fully saturated rings. The van der Waals surface area contributed by atoms with Crippen molar-refractivity contribution in [1.82, 2.24) is 10.6 Å². The van der Waals surface area contributed by atoms with Gasteiger partial charge in [0.1, 0.15) is 0 Å². The summed E-state index contributed by atoms with van der Waals surface area (Å²) in [6.45, 7) is 8.92. The molecule has 2 rings (SSSR count). The summed E-state index contributed by atoms with van der Waals surface area (Å²) in [5, 5.41) is 6.39. The minimum Gasteiger partial charge on any atom is -0.356 e. The van der Waals surface area contributed by atoms with Gasteiger partial charge in [0.2, 0.25) is 5.91 Å². The van der Waals surface area contributed by atoms with Crippen molar-refractivity contribution in [2.24, 2.45) is 5.41 Å². The summed E-state index contributed by atoms with van der Waals surface area (Å²) in [6, 6.07) is 8.21. The highest BCUT2D eigenvalue weighted by atomic mass is 16.1. The van der Waals surface area contributed by atoms with Crippen molar-refractivity contribution in [2.75, 3.05) is 13.1 Å². The van der Waals surface area contributed by atoms with Gasteiger partial charge in [-0.3, -0.25) is 4.79 Å². The monoisotopic (exact) mass is 260 g/mol. The van der Waals surface area contributed by atoms with Crippen LogP contribution in [0.25, 0.3) is 0 Å². The minimum absolute atomic E-state index is 0.0510. The summed E-state index contributed by atoms with van der Waals surface area (Å²) < 4.78 is 0. The molecule has 1 heterocycles. The highest BCUT2D eigenvalue weighted by Gasteiger charge is 2.25. The quantitative estimate of drug-likeness (QED) is 0.876. The predicted octanol–water partition coefficient (Wildman–Crippen LogP) is 2.43. The molecule has 1 aliphatic rings. The van der Waals surface area contributed by atoms with Crippen LogP contribution in [0.1, 0.15) is 44.2 Å². The molecule has 0 saturated carbocycles. The van der Waals surface area contributed by atoms with E-state index in [1.165, 1.54) is 11.1 Å². The maximum Gasteiger partial charge on any atom is 0.228 e. The fraction of sp³-hybridized carbons (Fsp3) is 0.562. The molecule has 104 valence electrons. The topological polar surface area (TPSA) is 41.1 Å². The number of hydrogen-bond donors (Lipinski definition) is 2. The number of nitrogens with one attached hydrogen (secondary N) is 2. The van der Waals surface area contributed by atoms with E-state index in [1.54, 1.807) is 0 Å². The van der Waals surface area contributed by atoms with Gasteiger partial charge in [0.25, 0.3) is 0 Å². The fourth-order valence-electron chi connectivity index (χ4n) is 2.41. The SMILES string of the molecule is CC(C)(C)CCNC(=O)C1CNCc2ccccc21. The summed E-state index contributed by atoms with van der Waals surface area (Å²) in [7, 11) is 0. The van der Waals surface area contributed by atoms with Crippen molar-refractivity contribution in [3.63, 3.8) is 0 Å². The van der Waals surface area contributed by atoms with Gasteiger partial charge in [-0.25, -0.2) is 0 Å². The van der Waals surface area contributed by atoms with Crippen molar-refractivity contribution < 1.29 is 4.79 Å². The Morgan fingerprint density at radius 2 is 2.11 bits per heavy atom. The van der Waals surface area contributed by atoms with Crippen LogP contribution in [0, 0.1) is 5.41 Å². The van der Waals surface area contributed by atoms with Gasteiger partial charge in [-0.15, -0.1) is 0 Å². The lowest BCUT2D eigenvalue weighted by molar-refractivity contribution is -0.122.